The number of halogens is 1. The van der Waals surface area contributed by atoms with Crippen LogP contribution in [-0.4, -0.2) is 19.7 Å². The van der Waals surface area contributed by atoms with Crippen LogP contribution in [-0.2, 0) is 6.42 Å². The summed E-state index contributed by atoms with van der Waals surface area (Å²) in [5, 5.41) is 5.56. The average Bonchev–Trinajstić information content (AvgIpc) is 2.84. The SMILES string of the molecule is CCc1nc(Cl)c2cnn(-c3ccccc3)c2n1. The third-order valence-corrected chi connectivity index (χ3v) is 3.03. The summed E-state index contributed by atoms with van der Waals surface area (Å²) in [6.07, 6.45) is 2.44. The molecule has 0 bridgehead atoms. The van der Waals surface area contributed by atoms with Gasteiger partial charge in [0.05, 0.1) is 17.3 Å². The Morgan fingerprint density at radius 2 is 1.94 bits per heavy atom. The topological polar surface area (TPSA) is 43.6 Å². The van der Waals surface area contributed by atoms with E-state index in [2.05, 4.69) is 15.1 Å². The second-order valence-electron chi connectivity index (χ2n) is 3.91. The van der Waals surface area contributed by atoms with E-state index in [4.69, 9.17) is 11.6 Å². The lowest BCUT2D eigenvalue weighted by molar-refractivity contribution is 0.877. The fraction of sp³-hybridized carbons (Fsp3) is 0.154. The zero-order chi connectivity index (χ0) is 12.5. The Kier molecular flexibility index (Phi) is 2.72. The van der Waals surface area contributed by atoms with Crippen LogP contribution in [0, 0.1) is 0 Å². The first-order valence-electron chi connectivity index (χ1n) is 5.75. The molecule has 0 spiro atoms. The molecule has 2 aromatic heterocycles. The molecule has 90 valence electrons. The van der Waals surface area contributed by atoms with Crippen LogP contribution >= 0.6 is 11.6 Å². The summed E-state index contributed by atoms with van der Waals surface area (Å²) in [4.78, 5) is 8.72. The van der Waals surface area contributed by atoms with Crippen LogP contribution in [0.15, 0.2) is 36.5 Å². The molecule has 0 aliphatic carbocycles. The third-order valence-electron chi connectivity index (χ3n) is 2.75. The Labute approximate surface area is 109 Å². The quantitative estimate of drug-likeness (QED) is 0.664. The van der Waals surface area contributed by atoms with Gasteiger partial charge in [0.25, 0.3) is 0 Å². The lowest BCUT2D eigenvalue weighted by Gasteiger charge is -2.03. The van der Waals surface area contributed by atoms with E-state index in [1.807, 2.05) is 37.3 Å². The zero-order valence-electron chi connectivity index (χ0n) is 9.84. The summed E-state index contributed by atoms with van der Waals surface area (Å²) in [6.45, 7) is 2.00. The van der Waals surface area contributed by atoms with Crippen molar-refractivity contribution in [3.63, 3.8) is 0 Å². The molecular formula is C13H11ClN4. The Bertz CT molecular complexity index is 691. The molecule has 0 aliphatic heterocycles. The van der Waals surface area contributed by atoms with Crippen molar-refractivity contribution in [2.75, 3.05) is 0 Å². The van der Waals surface area contributed by atoms with E-state index in [-0.39, 0.29) is 0 Å². The number of benzene rings is 1. The van der Waals surface area contributed by atoms with Crippen molar-refractivity contribution in [3.05, 3.63) is 47.5 Å². The molecule has 2 heterocycles. The van der Waals surface area contributed by atoms with E-state index >= 15 is 0 Å². The molecule has 0 N–H and O–H groups in total. The number of rotatable bonds is 2. The summed E-state index contributed by atoms with van der Waals surface area (Å²) in [5.74, 6) is 0.727. The molecule has 0 aliphatic rings. The van der Waals surface area contributed by atoms with Crippen LogP contribution in [0.3, 0.4) is 0 Å². The van der Waals surface area contributed by atoms with Crippen molar-refractivity contribution < 1.29 is 0 Å². The predicted molar refractivity (Wildman–Crippen MR) is 71.0 cm³/mol. The van der Waals surface area contributed by atoms with Crippen LogP contribution in [0.5, 0.6) is 0 Å². The van der Waals surface area contributed by atoms with Gasteiger partial charge in [-0.05, 0) is 12.1 Å². The second kappa shape index (κ2) is 4.38. The maximum absolute atomic E-state index is 6.14. The smallest absolute Gasteiger partial charge is 0.168 e. The molecule has 0 radical (unpaired) electrons. The molecule has 4 nitrogen and oxygen atoms in total. The number of hydrogen-bond acceptors (Lipinski definition) is 3. The number of aromatic nitrogens is 4. The van der Waals surface area contributed by atoms with Crippen molar-refractivity contribution >= 4 is 22.6 Å². The molecule has 0 saturated heterocycles. The van der Waals surface area contributed by atoms with E-state index in [9.17, 15) is 0 Å². The highest BCUT2D eigenvalue weighted by Crippen LogP contribution is 2.22. The van der Waals surface area contributed by atoms with Crippen LogP contribution < -0.4 is 0 Å². The maximum Gasteiger partial charge on any atom is 0.168 e. The lowest BCUT2D eigenvalue weighted by atomic mass is 10.3. The minimum absolute atomic E-state index is 0.457. The first-order valence-corrected chi connectivity index (χ1v) is 6.13. The highest BCUT2D eigenvalue weighted by atomic mass is 35.5. The summed E-state index contributed by atoms with van der Waals surface area (Å²) in [7, 11) is 0. The molecule has 3 aromatic rings. The third kappa shape index (κ3) is 1.75. The Balaban J connectivity index is 2.28. The van der Waals surface area contributed by atoms with Crippen LogP contribution in [0.25, 0.3) is 16.7 Å². The van der Waals surface area contributed by atoms with E-state index in [0.717, 1.165) is 29.0 Å². The van der Waals surface area contributed by atoms with Gasteiger partial charge in [-0.15, -0.1) is 0 Å². The standard InChI is InChI=1S/C13H11ClN4/c1-2-11-16-12(14)10-8-15-18(13(10)17-11)9-6-4-3-5-7-9/h3-8H,2H2,1H3. The molecule has 0 saturated carbocycles. The molecule has 3 rings (SSSR count). The second-order valence-corrected chi connectivity index (χ2v) is 4.27. The van der Waals surface area contributed by atoms with Gasteiger partial charge in [-0.2, -0.15) is 5.10 Å². The van der Waals surface area contributed by atoms with Gasteiger partial charge in [0.15, 0.2) is 5.65 Å². The van der Waals surface area contributed by atoms with Crippen LogP contribution in [0.1, 0.15) is 12.7 Å². The zero-order valence-corrected chi connectivity index (χ0v) is 10.6. The first kappa shape index (κ1) is 11.2. The van der Waals surface area contributed by atoms with Crippen molar-refractivity contribution in [2.45, 2.75) is 13.3 Å². The minimum atomic E-state index is 0.457. The molecule has 0 unspecified atom stereocenters. The van der Waals surface area contributed by atoms with Gasteiger partial charge in [-0.1, -0.05) is 36.7 Å². The highest BCUT2D eigenvalue weighted by Gasteiger charge is 2.11. The normalized spacial score (nSPS) is 11.0. The molecule has 18 heavy (non-hydrogen) atoms. The summed E-state index contributed by atoms with van der Waals surface area (Å²) >= 11 is 6.14. The van der Waals surface area contributed by atoms with Crippen molar-refractivity contribution in [2.24, 2.45) is 0 Å². The fourth-order valence-corrected chi connectivity index (χ4v) is 2.06. The molecule has 0 atom stereocenters. The van der Waals surface area contributed by atoms with E-state index in [0.29, 0.717) is 5.15 Å². The van der Waals surface area contributed by atoms with Gasteiger partial charge in [0.2, 0.25) is 0 Å². The first-order chi connectivity index (χ1) is 8.79. The lowest BCUT2D eigenvalue weighted by Crippen LogP contribution is -2.00. The Hall–Kier alpha value is -1.94. The highest BCUT2D eigenvalue weighted by molar-refractivity contribution is 6.33. The molecular weight excluding hydrogens is 248 g/mol. The maximum atomic E-state index is 6.14. The summed E-state index contributed by atoms with van der Waals surface area (Å²) in [5.41, 5.74) is 1.71. The van der Waals surface area contributed by atoms with Crippen LogP contribution in [0.2, 0.25) is 5.15 Å². The monoisotopic (exact) mass is 258 g/mol. The van der Waals surface area contributed by atoms with E-state index < -0.39 is 0 Å². The molecule has 1 aromatic carbocycles. The predicted octanol–water partition coefficient (Wildman–Crippen LogP) is 3.03. The average molecular weight is 259 g/mol. The van der Waals surface area contributed by atoms with E-state index in [1.165, 1.54) is 0 Å². The summed E-state index contributed by atoms with van der Waals surface area (Å²) in [6, 6.07) is 9.86. The number of aryl methyl sites for hydroxylation is 1. The number of para-hydroxylation sites is 1. The summed E-state index contributed by atoms with van der Waals surface area (Å²) < 4.78 is 1.78. The fourth-order valence-electron chi connectivity index (χ4n) is 1.83. The van der Waals surface area contributed by atoms with Gasteiger partial charge in [-0.3, -0.25) is 0 Å². The Morgan fingerprint density at radius 1 is 1.17 bits per heavy atom. The number of hydrogen-bond donors (Lipinski definition) is 0. The number of nitrogens with zero attached hydrogens (tertiary/aromatic N) is 4. The van der Waals surface area contributed by atoms with Gasteiger partial charge < -0.3 is 0 Å². The molecule has 5 heteroatoms. The van der Waals surface area contributed by atoms with Crippen molar-refractivity contribution in [1.29, 1.82) is 0 Å². The van der Waals surface area contributed by atoms with Gasteiger partial charge >= 0.3 is 0 Å². The molecule has 0 amide bonds. The van der Waals surface area contributed by atoms with Crippen molar-refractivity contribution in [3.8, 4) is 5.69 Å². The van der Waals surface area contributed by atoms with Gasteiger partial charge in [-0.25, -0.2) is 14.6 Å². The molecule has 0 fully saturated rings. The Morgan fingerprint density at radius 3 is 2.67 bits per heavy atom. The van der Waals surface area contributed by atoms with Gasteiger partial charge in [0.1, 0.15) is 11.0 Å². The minimum Gasteiger partial charge on any atom is -0.220 e. The van der Waals surface area contributed by atoms with Crippen LogP contribution in [0.4, 0.5) is 0 Å². The largest absolute Gasteiger partial charge is 0.220 e. The van der Waals surface area contributed by atoms with Gasteiger partial charge in [0, 0.05) is 6.42 Å². The number of fused-ring (bicyclic) bond motifs is 1. The van der Waals surface area contributed by atoms with E-state index in [1.54, 1.807) is 10.9 Å². The van der Waals surface area contributed by atoms with Crippen molar-refractivity contribution in [1.82, 2.24) is 19.7 Å².